The molecule has 0 bridgehead atoms. The fourth-order valence-electron chi connectivity index (χ4n) is 1.38. The van der Waals surface area contributed by atoms with Gasteiger partial charge in [-0.25, -0.2) is 4.39 Å². The van der Waals surface area contributed by atoms with E-state index in [1.54, 1.807) is 31.2 Å². The van der Waals surface area contributed by atoms with E-state index in [1.165, 1.54) is 13.0 Å². The summed E-state index contributed by atoms with van der Waals surface area (Å²) in [5.74, 6) is -1.45. The lowest BCUT2D eigenvalue weighted by Gasteiger charge is -2.07. The molecule has 0 heterocycles. The van der Waals surface area contributed by atoms with Gasteiger partial charge in [0.2, 0.25) is 0 Å². The molecule has 80 valence electrons. The summed E-state index contributed by atoms with van der Waals surface area (Å²) in [5.41, 5.74) is 1.19. The van der Waals surface area contributed by atoms with Crippen molar-refractivity contribution in [3.05, 3.63) is 53.4 Å². The summed E-state index contributed by atoms with van der Waals surface area (Å²) in [6.45, 7) is 3.28. The second kappa shape index (κ2) is 4.82. The minimum Gasteiger partial charge on any atom is -0.200 e. The molecule has 3 heteroatoms. The lowest BCUT2D eigenvalue weighted by atomic mass is 10.00. The van der Waals surface area contributed by atoms with Crippen molar-refractivity contribution in [2.75, 3.05) is 0 Å². The molecule has 0 saturated carbocycles. The van der Waals surface area contributed by atoms with Crippen LogP contribution in [0.1, 0.15) is 18.1 Å². The molecule has 0 unspecified atom stereocenters. The first-order valence-electron chi connectivity index (χ1n) is 4.51. The van der Waals surface area contributed by atoms with Crippen molar-refractivity contribution >= 4 is 5.57 Å². The molecule has 0 aliphatic heterocycles. The Morgan fingerprint density at radius 3 is 2.20 bits per heavy atom. The van der Waals surface area contributed by atoms with Gasteiger partial charge in [0.15, 0.2) is 5.83 Å². The Balaban J connectivity index is 3.28. The van der Waals surface area contributed by atoms with Crippen molar-refractivity contribution in [1.29, 1.82) is 0 Å². The zero-order chi connectivity index (χ0) is 11.4. The Bertz CT molecular complexity index is 413. The van der Waals surface area contributed by atoms with Gasteiger partial charge in [0.05, 0.1) is 0 Å². The first-order chi connectivity index (χ1) is 7.07. The van der Waals surface area contributed by atoms with Gasteiger partial charge in [-0.2, -0.15) is 8.78 Å². The molecule has 0 atom stereocenters. The predicted molar refractivity (Wildman–Crippen MR) is 55.2 cm³/mol. The molecule has 1 rings (SSSR count). The normalized spacial score (nSPS) is 11.4. The molecule has 0 spiro atoms. The van der Waals surface area contributed by atoms with Crippen LogP contribution in [0.25, 0.3) is 5.57 Å². The number of halogens is 3. The zero-order valence-corrected chi connectivity index (χ0v) is 8.52. The molecular weight excluding hydrogens is 201 g/mol. The topological polar surface area (TPSA) is 0 Å². The first-order valence-corrected chi connectivity index (χ1v) is 4.51. The molecule has 1 aromatic carbocycles. The second-order valence-corrected chi connectivity index (χ2v) is 3.09. The second-order valence-electron chi connectivity index (χ2n) is 3.09. The van der Waals surface area contributed by atoms with Crippen molar-refractivity contribution in [3.63, 3.8) is 0 Å². The summed E-state index contributed by atoms with van der Waals surface area (Å²) in [5, 5.41) is 0. The highest BCUT2D eigenvalue weighted by Crippen LogP contribution is 2.29. The quantitative estimate of drug-likeness (QED) is 0.634. The molecule has 0 saturated heterocycles. The summed E-state index contributed by atoms with van der Waals surface area (Å²) in [6.07, 6.45) is -0.942. The molecule has 0 amide bonds. The lowest BCUT2D eigenvalue weighted by molar-refractivity contribution is 0.389. The van der Waals surface area contributed by atoms with Gasteiger partial charge in [-0.15, -0.1) is 0 Å². The maximum Gasteiger partial charge on any atom is 0.306 e. The van der Waals surface area contributed by atoms with E-state index < -0.39 is 11.9 Å². The largest absolute Gasteiger partial charge is 0.306 e. The van der Waals surface area contributed by atoms with Crippen LogP contribution >= 0.6 is 0 Å². The minimum absolute atomic E-state index is 0.0619. The van der Waals surface area contributed by atoms with Crippen LogP contribution in [0.15, 0.2) is 42.2 Å². The average Bonchev–Trinajstić information content (AvgIpc) is 2.21. The van der Waals surface area contributed by atoms with E-state index in [1.807, 2.05) is 0 Å². The van der Waals surface area contributed by atoms with E-state index in [-0.39, 0.29) is 5.57 Å². The zero-order valence-electron chi connectivity index (χ0n) is 8.52. The van der Waals surface area contributed by atoms with Gasteiger partial charge in [-0.05, 0) is 25.0 Å². The van der Waals surface area contributed by atoms with Crippen LogP contribution in [0.4, 0.5) is 13.2 Å². The van der Waals surface area contributed by atoms with E-state index in [0.29, 0.717) is 5.56 Å². The Hall–Kier alpha value is -1.51. The third-order valence-electron chi connectivity index (χ3n) is 2.13. The van der Waals surface area contributed by atoms with Crippen LogP contribution in [0.2, 0.25) is 0 Å². The van der Waals surface area contributed by atoms with E-state index >= 15 is 0 Å². The van der Waals surface area contributed by atoms with Crippen LogP contribution in [0, 0.1) is 6.92 Å². The fourth-order valence-corrected chi connectivity index (χ4v) is 1.38. The monoisotopic (exact) mass is 212 g/mol. The van der Waals surface area contributed by atoms with E-state index in [4.69, 9.17) is 0 Å². The van der Waals surface area contributed by atoms with Gasteiger partial charge in [0.1, 0.15) is 0 Å². The average molecular weight is 212 g/mol. The number of benzene rings is 1. The van der Waals surface area contributed by atoms with Crippen LogP contribution in [0.3, 0.4) is 0 Å². The van der Waals surface area contributed by atoms with E-state index in [2.05, 4.69) is 0 Å². The highest BCUT2D eigenvalue weighted by Gasteiger charge is 2.14. The van der Waals surface area contributed by atoms with Gasteiger partial charge in [0.25, 0.3) is 0 Å². The Morgan fingerprint density at radius 1 is 1.13 bits per heavy atom. The SMILES string of the molecule is C/C=C(/C(F)=C(F)F)c1ccccc1C. The molecule has 0 radical (unpaired) electrons. The molecule has 0 fully saturated rings. The van der Waals surface area contributed by atoms with Crippen molar-refractivity contribution in [3.8, 4) is 0 Å². The maximum atomic E-state index is 13.1. The van der Waals surface area contributed by atoms with Crippen LogP contribution in [-0.2, 0) is 0 Å². The third kappa shape index (κ3) is 2.49. The standard InChI is InChI=1S/C12H11F3/c1-3-9(11(13)12(14)15)10-7-5-4-6-8(10)2/h3-7H,1-2H3/b9-3+. The van der Waals surface area contributed by atoms with Crippen molar-refractivity contribution < 1.29 is 13.2 Å². The van der Waals surface area contributed by atoms with Crippen molar-refractivity contribution in [2.45, 2.75) is 13.8 Å². The van der Waals surface area contributed by atoms with Gasteiger partial charge in [-0.1, -0.05) is 30.3 Å². The highest BCUT2D eigenvalue weighted by atomic mass is 19.3. The Morgan fingerprint density at radius 2 is 1.73 bits per heavy atom. The summed E-state index contributed by atoms with van der Waals surface area (Å²) >= 11 is 0. The third-order valence-corrected chi connectivity index (χ3v) is 2.13. The van der Waals surface area contributed by atoms with Crippen molar-refractivity contribution in [1.82, 2.24) is 0 Å². The van der Waals surface area contributed by atoms with Gasteiger partial charge >= 0.3 is 6.08 Å². The minimum atomic E-state index is -2.29. The predicted octanol–water partition coefficient (Wildman–Crippen LogP) is 4.48. The first kappa shape index (κ1) is 11.6. The molecule has 0 aliphatic carbocycles. The molecule has 0 aromatic heterocycles. The smallest absolute Gasteiger partial charge is 0.200 e. The molecule has 15 heavy (non-hydrogen) atoms. The van der Waals surface area contributed by atoms with Gasteiger partial charge < -0.3 is 0 Å². The van der Waals surface area contributed by atoms with E-state index in [0.717, 1.165) is 5.56 Å². The number of aryl methyl sites for hydroxylation is 1. The molecule has 1 aromatic rings. The van der Waals surface area contributed by atoms with Crippen LogP contribution in [-0.4, -0.2) is 0 Å². The number of rotatable bonds is 2. The van der Waals surface area contributed by atoms with Crippen LogP contribution < -0.4 is 0 Å². The fraction of sp³-hybridized carbons (Fsp3) is 0.167. The maximum absolute atomic E-state index is 13.1. The Kier molecular flexibility index (Phi) is 3.72. The van der Waals surface area contributed by atoms with Crippen molar-refractivity contribution in [2.24, 2.45) is 0 Å². The van der Waals surface area contributed by atoms with Gasteiger partial charge in [-0.3, -0.25) is 0 Å². The summed E-state index contributed by atoms with van der Waals surface area (Å²) in [6, 6.07) is 6.84. The highest BCUT2D eigenvalue weighted by molar-refractivity contribution is 5.78. The number of allylic oxidation sites excluding steroid dienone is 3. The molecular formula is C12H11F3. The Labute approximate surface area is 86.7 Å². The molecule has 0 N–H and O–H groups in total. The molecule has 0 aliphatic rings. The van der Waals surface area contributed by atoms with E-state index in [9.17, 15) is 13.2 Å². The summed E-state index contributed by atoms with van der Waals surface area (Å²) in [4.78, 5) is 0. The van der Waals surface area contributed by atoms with Crippen LogP contribution in [0.5, 0.6) is 0 Å². The lowest BCUT2D eigenvalue weighted by Crippen LogP contribution is -1.90. The summed E-state index contributed by atoms with van der Waals surface area (Å²) in [7, 11) is 0. The number of hydrogen-bond donors (Lipinski definition) is 0. The number of hydrogen-bond acceptors (Lipinski definition) is 0. The van der Waals surface area contributed by atoms with Gasteiger partial charge in [0, 0.05) is 5.57 Å². The summed E-state index contributed by atoms with van der Waals surface area (Å²) < 4.78 is 37.4. The molecule has 0 nitrogen and oxygen atoms in total.